The zero-order valence-electron chi connectivity index (χ0n) is 21.3. The van der Waals surface area contributed by atoms with Crippen LogP contribution in [0.1, 0.15) is 12.1 Å². The Morgan fingerprint density at radius 2 is 2.00 bits per heavy atom. The van der Waals surface area contributed by atoms with Gasteiger partial charge in [-0.3, -0.25) is 19.6 Å². The molecule has 15 heteroatoms. The van der Waals surface area contributed by atoms with Crippen LogP contribution in [0, 0.1) is 12.8 Å². The molecule has 1 saturated heterocycles. The number of halogens is 3. The smallest absolute Gasteiger partial charge is 0.347 e. The fraction of sp³-hybridized carbons (Fsp3) is 0.320. The number of benzene rings is 1. The van der Waals surface area contributed by atoms with Crippen molar-refractivity contribution >= 4 is 46.4 Å². The molecule has 11 nitrogen and oxygen atoms in total. The number of amides is 2. The molecule has 1 fully saturated rings. The van der Waals surface area contributed by atoms with Gasteiger partial charge in [-0.25, -0.2) is 9.50 Å². The van der Waals surface area contributed by atoms with Crippen LogP contribution in [0.3, 0.4) is 0 Å². The monoisotopic (exact) mass is 573 g/mol. The maximum atomic E-state index is 12.5. The summed E-state index contributed by atoms with van der Waals surface area (Å²) in [6, 6.07) is 12.9. The largest absolute Gasteiger partial charge is 0.405 e. The summed E-state index contributed by atoms with van der Waals surface area (Å²) >= 11 is 1.36. The fourth-order valence-corrected chi connectivity index (χ4v) is 5.04. The van der Waals surface area contributed by atoms with Gasteiger partial charge < -0.3 is 16.0 Å². The minimum Gasteiger partial charge on any atom is -0.347 e. The van der Waals surface area contributed by atoms with Gasteiger partial charge in [0.15, 0.2) is 11.6 Å². The second-order valence-corrected chi connectivity index (χ2v) is 10.4. The summed E-state index contributed by atoms with van der Waals surface area (Å²) in [5.41, 5.74) is 2.31. The highest BCUT2D eigenvalue weighted by Crippen LogP contribution is 2.29. The van der Waals surface area contributed by atoms with Crippen LogP contribution in [-0.2, 0) is 9.59 Å². The van der Waals surface area contributed by atoms with Crippen molar-refractivity contribution in [2.45, 2.75) is 29.6 Å². The molecule has 40 heavy (non-hydrogen) atoms. The van der Waals surface area contributed by atoms with Gasteiger partial charge >= 0.3 is 6.18 Å². The number of aryl methyl sites for hydroxylation is 1. The summed E-state index contributed by atoms with van der Waals surface area (Å²) in [4.78, 5) is 31.8. The molecule has 4 heterocycles. The molecule has 0 unspecified atom stereocenters. The molecule has 2 amide bonds. The highest BCUT2D eigenvalue weighted by molar-refractivity contribution is 7.99. The topological polar surface area (TPSA) is 132 Å². The van der Waals surface area contributed by atoms with Gasteiger partial charge in [-0.05, 0) is 68.0 Å². The van der Waals surface area contributed by atoms with Crippen LogP contribution in [-0.4, -0.2) is 73.9 Å². The molecule has 0 aliphatic carbocycles. The van der Waals surface area contributed by atoms with Gasteiger partial charge in [0.1, 0.15) is 12.1 Å². The number of H-pyrrole nitrogens is 1. The third-order valence-electron chi connectivity index (χ3n) is 6.14. The lowest BCUT2D eigenvalue weighted by atomic mass is 10.1. The van der Waals surface area contributed by atoms with E-state index in [2.05, 4.69) is 30.9 Å². The normalized spacial score (nSPS) is 15.8. The van der Waals surface area contributed by atoms with Crippen molar-refractivity contribution in [2.75, 3.05) is 36.8 Å². The molecule has 0 radical (unpaired) electrons. The summed E-state index contributed by atoms with van der Waals surface area (Å²) in [5, 5.41) is 20.1. The first-order chi connectivity index (χ1) is 19.1. The zero-order valence-corrected chi connectivity index (χ0v) is 22.1. The van der Waals surface area contributed by atoms with Crippen molar-refractivity contribution in [2.24, 2.45) is 5.92 Å². The van der Waals surface area contributed by atoms with Gasteiger partial charge in [0, 0.05) is 35.1 Å². The number of alkyl halides is 3. The van der Waals surface area contributed by atoms with Crippen LogP contribution in [0.5, 0.6) is 0 Å². The second kappa shape index (κ2) is 11.6. The number of aromatic amines is 1. The van der Waals surface area contributed by atoms with Gasteiger partial charge in [-0.15, -0.1) is 5.10 Å². The van der Waals surface area contributed by atoms with Crippen molar-refractivity contribution in [3.05, 3.63) is 54.4 Å². The quantitative estimate of drug-likeness (QED) is 0.239. The summed E-state index contributed by atoms with van der Waals surface area (Å²) < 4.78 is 38.7. The molecule has 0 bridgehead atoms. The molecular weight excluding hydrogens is 547 g/mol. The number of aromatic nitrogens is 5. The first kappa shape index (κ1) is 27.5. The second-order valence-electron chi connectivity index (χ2n) is 9.37. The summed E-state index contributed by atoms with van der Waals surface area (Å²) in [6.45, 7) is 1.28. The van der Waals surface area contributed by atoms with Gasteiger partial charge in [-0.1, -0.05) is 0 Å². The molecular formula is C25H26F3N9O2S. The molecule has 5 rings (SSSR count). The maximum absolute atomic E-state index is 12.5. The van der Waals surface area contributed by atoms with Crippen LogP contribution in [0.25, 0.3) is 5.52 Å². The average molecular weight is 574 g/mol. The van der Waals surface area contributed by atoms with Crippen LogP contribution in [0.15, 0.2) is 58.7 Å². The minimum atomic E-state index is -4.45. The Hall–Kier alpha value is -4.11. The number of nitrogens with one attached hydrogen (secondary N) is 4. The van der Waals surface area contributed by atoms with Crippen LogP contribution in [0.4, 0.5) is 30.5 Å². The van der Waals surface area contributed by atoms with Gasteiger partial charge in [0.2, 0.25) is 17.0 Å². The summed E-state index contributed by atoms with van der Waals surface area (Å²) in [5.74, 6) is -0.238. The van der Waals surface area contributed by atoms with E-state index in [1.165, 1.54) is 11.8 Å². The molecule has 4 aromatic rings. The third kappa shape index (κ3) is 7.09. The van der Waals surface area contributed by atoms with E-state index in [1.807, 2.05) is 48.8 Å². The van der Waals surface area contributed by atoms with E-state index < -0.39 is 24.5 Å². The number of rotatable bonds is 9. The number of likely N-dealkylation sites (tertiary alicyclic amines) is 1. The number of fused-ring (bicyclic) bond motifs is 1. The number of hydrogen-bond donors (Lipinski definition) is 4. The van der Waals surface area contributed by atoms with E-state index in [4.69, 9.17) is 0 Å². The fourth-order valence-electron chi connectivity index (χ4n) is 4.29. The van der Waals surface area contributed by atoms with Crippen molar-refractivity contribution in [1.29, 1.82) is 0 Å². The SMILES string of the molecule is Cc1cc(Nc2nc(Sc3ccc(NC(=O)CN4CC[C@@H](C(=O)NCC(F)(F)F)C4)cc3)nn3cccc23)n[nH]1. The first-order valence-electron chi connectivity index (χ1n) is 12.4. The molecule has 1 aliphatic heterocycles. The Kier molecular flexibility index (Phi) is 7.93. The van der Waals surface area contributed by atoms with Crippen LogP contribution in [0.2, 0.25) is 0 Å². The van der Waals surface area contributed by atoms with Crippen molar-refractivity contribution in [1.82, 2.24) is 35.0 Å². The molecule has 3 aromatic heterocycles. The molecule has 1 atom stereocenters. The van der Waals surface area contributed by atoms with Crippen molar-refractivity contribution in [3.63, 3.8) is 0 Å². The van der Waals surface area contributed by atoms with E-state index in [9.17, 15) is 22.8 Å². The number of anilines is 3. The Bertz CT molecular complexity index is 1500. The highest BCUT2D eigenvalue weighted by atomic mass is 32.2. The average Bonchev–Trinajstić information content (AvgIpc) is 3.65. The lowest BCUT2D eigenvalue weighted by Crippen LogP contribution is -2.39. The molecule has 0 spiro atoms. The van der Waals surface area contributed by atoms with E-state index in [-0.39, 0.29) is 19.0 Å². The predicted molar refractivity (Wildman–Crippen MR) is 142 cm³/mol. The van der Waals surface area contributed by atoms with Gasteiger partial charge in [0.05, 0.1) is 12.5 Å². The molecule has 0 saturated carbocycles. The molecule has 210 valence electrons. The predicted octanol–water partition coefficient (Wildman–Crippen LogP) is 3.59. The molecule has 4 N–H and O–H groups in total. The summed E-state index contributed by atoms with van der Waals surface area (Å²) in [7, 11) is 0. The molecule has 1 aromatic carbocycles. The van der Waals surface area contributed by atoms with Gasteiger partial charge in [-0.2, -0.15) is 18.3 Å². The molecule has 1 aliphatic rings. The number of carbonyl (C=O) groups is 2. The van der Waals surface area contributed by atoms with E-state index >= 15 is 0 Å². The first-order valence-corrected chi connectivity index (χ1v) is 13.2. The zero-order chi connectivity index (χ0) is 28.3. The van der Waals surface area contributed by atoms with Crippen LogP contribution >= 0.6 is 11.8 Å². The Labute approximate surface area is 230 Å². The van der Waals surface area contributed by atoms with Gasteiger partial charge in [0.25, 0.3) is 0 Å². The third-order valence-corrected chi connectivity index (χ3v) is 7.01. The van der Waals surface area contributed by atoms with E-state index in [0.29, 0.717) is 35.4 Å². The van der Waals surface area contributed by atoms with Crippen molar-refractivity contribution in [3.8, 4) is 0 Å². The Morgan fingerprint density at radius 1 is 1.20 bits per heavy atom. The maximum Gasteiger partial charge on any atom is 0.405 e. The number of carbonyl (C=O) groups excluding carboxylic acids is 2. The Morgan fingerprint density at radius 3 is 2.73 bits per heavy atom. The van der Waals surface area contributed by atoms with E-state index in [0.717, 1.165) is 16.1 Å². The highest BCUT2D eigenvalue weighted by Gasteiger charge is 2.33. The lowest BCUT2D eigenvalue weighted by Gasteiger charge is -2.16. The van der Waals surface area contributed by atoms with Crippen molar-refractivity contribution < 1.29 is 22.8 Å². The minimum absolute atomic E-state index is 0.0373. The lowest BCUT2D eigenvalue weighted by molar-refractivity contribution is -0.140. The van der Waals surface area contributed by atoms with E-state index in [1.54, 1.807) is 21.5 Å². The number of hydrogen-bond acceptors (Lipinski definition) is 8. The summed E-state index contributed by atoms with van der Waals surface area (Å²) in [6.07, 6.45) is -2.22. The number of nitrogens with zero attached hydrogens (tertiary/aromatic N) is 5. The van der Waals surface area contributed by atoms with Crippen LogP contribution < -0.4 is 16.0 Å². The Balaban J connectivity index is 1.15. The standard InChI is InChI=1S/C25H26F3N9O2S/c1-15-11-20(34-33-15)31-22-19-3-2-9-37(19)35-24(32-22)40-18-6-4-17(5-7-18)30-21(38)13-36-10-8-16(12-36)23(39)29-14-25(26,27)28/h2-7,9,11,16H,8,10,12-14H2,1H3,(H,29,39)(H,30,38)(H2,31,32,33,34,35)/t16-/m1/s1.